The number of nitrogens with zero attached hydrogens (tertiary/aromatic N) is 1. The lowest BCUT2D eigenvalue weighted by Crippen LogP contribution is -2.44. The van der Waals surface area contributed by atoms with E-state index >= 15 is 0 Å². The van der Waals surface area contributed by atoms with E-state index in [1.54, 1.807) is 0 Å². The summed E-state index contributed by atoms with van der Waals surface area (Å²) in [4.78, 5) is 11.8. The summed E-state index contributed by atoms with van der Waals surface area (Å²) in [6.07, 6.45) is 12.5. The highest BCUT2D eigenvalue weighted by Gasteiger charge is 2.55. The molecule has 0 aromatic rings. The van der Waals surface area contributed by atoms with Crippen LogP contribution in [-0.2, 0) is 4.79 Å². The molecule has 0 bridgehead atoms. The van der Waals surface area contributed by atoms with Crippen molar-refractivity contribution in [2.24, 2.45) is 40.9 Å². The first-order valence-electron chi connectivity index (χ1n) is 12.5. The SMILES string of the molecule is C=C(CCCCC#N)[C@H]1CC[C@]2(C)[C@@H]([C@H](C)CCCC(C)C)CC[C@H]2[C@@H]1CC(=O)O. The predicted molar refractivity (Wildman–Crippen MR) is 124 cm³/mol. The van der Waals surface area contributed by atoms with Crippen LogP contribution in [0, 0.1) is 52.3 Å². The zero-order valence-corrected chi connectivity index (χ0v) is 20.0. The van der Waals surface area contributed by atoms with E-state index in [0.717, 1.165) is 43.4 Å². The van der Waals surface area contributed by atoms with Crippen LogP contribution in [0.4, 0.5) is 0 Å². The van der Waals surface area contributed by atoms with Crippen LogP contribution in [0.2, 0.25) is 0 Å². The second-order valence-corrected chi connectivity index (χ2v) is 11.0. The molecule has 1 N–H and O–H groups in total. The van der Waals surface area contributed by atoms with Crippen LogP contribution in [0.25, 0.3) is 0 Å². The summed E-state index contributed by atoms with van der Waals surface area (Å²) in [5.74, 6) is 2.68. The van der Waals surface area contributed by atoms with E-state index in [2.05, 4.69) is 40.3 Å². The van der Waals surface area contributed by atoms with Crippen molar-refractivity contribution in [2.75, 3.05) is 0 Å². The van der Waals surface area contributed by atoms with Gasteiger partial charge in [-0.25, -0.2) is 0 Å². The largest absolute Gasteiger partial charge is 0.481 e. The molecule has 2 aliphatic carbocycles. The van der Waals surface area contributed by atoms with Crippen molar-refractivity contribution in [2.45, 2.75) is 105 Å². The van der Waals surface area contributed by atoms with Crippen molar-refractivity contribution < 1.29 is 9.90 Å². The molecule has 2 aliphatic rings. The minimum absolute atomic E-state index is 0.234. The van der Waals surface area contributed by atoms with Gasteiger partial charge in [0.05, 0.1) is 6.07 Å². The lowest BCUT2D eigenvalue weighted by atomic mass is 9.54. The molecular formula is C27H45NO2. The van der Waals surface area contributed by atoms with Crippen LogP contribution < -0.4 is 0 Å². The number of hydrogen-bond donors (Lipinski definition) is 1. The fourth-order valence-electron chi connectivity index (χ4n) is 7.05. The van der Waals surface area contributed by atoms with E-state index in [0.29, 0.717) is 18.3 Å². The molecule has 3 nitrogen and oxygen atoms in total. The van der Waals surface area contributed by atoms with Crippen molar-refractivity contribution >= 4 is 5.97 Å². The summed E-state index contributed by atoms with van der Waals surface area (Å²) in [5.41, 5.74) is 1.53. The fraction of sp³-hybridized carbons (Fsp3) is 0.852. The number of carboxylic acids is 1. The van der Waals surface area contributed by atoms with Gasteiger partial charge in [0.15, 0.2) is 0 Å². The van der Waals surface area contributed by atoms with E-state index in [4.69, 9.17) is 5.26 Å². The predicted octanol–water partition coefficient (Wildman–Crippen LogP) is 7.62. The van der Waals surface area contributed by atoms with Crippen molar-refractivity contribution in [3.63, 3.8) is 0 Å². The fourth-order valence-corrected chi connectivity index (χ4v) is 7.05. The van der Waals surface area contributed by atoms with Crippen LogP contribution in [0.3, 0.4) is 0 Å². The summed E-state index contributed by atoms with van der Waals surface area (Å²) < 4.78 is 0. The molecule has 0 aliphatic heterocycles. The van der Waals surface area contributed by atoms with E-state index in [1.807, 2.05) is 0 Å². The van der Waals surface area contributed by atoms with Gasteiger partial charge in [0.1, 0.15) is 0 Å². The molecular weight excluding hydrogens is 370 g/mol. The molecule has 0 unspecified atom stereocenters. The number of carbonyl (C=O) groups is 1. The lowest BCUT2D eigenvalue weighted by molar-refractivity contribution is -0.140. The molecule has 0 amide bonds. The molecule has 0 heterocycles. The summed E-state index contributed by atoms with van der Waals surface area (Å²) in [7, 11) is 0. The third-order valence-electron chi connectivity index (χ3n) is 8.61. The number of rotatable bonds is 12. The van der Waals surface area contributed by atoms with Gasteiger partial charge >= 0.3 is 5.97 Å². The summed E-state index contributed by atoms with van der Waals surface area (Å²) in [6, 6.07) is 2.22. The molecule has 0 saturated heterocycles. The zero-order chi connectivity index (χ0) is 22.3. The molecule has 2 fully saturated rings. The molecule has 6 atom stereocenters. The van der Waals surface area contributed by atoms with Crippen LogP contribution in [-0.4, -0.2) is 11.1 Å². The summed E-state index contributed by atoms with van der Waals surface area (Å²) in [6.45, 7) is 14.0. The molecule has 0 aromatic carbocycles. The first-order chi connectivity index (χ1) is 14.2. The highest BCUT2D eigenvalue weighted by Crippen LogP contribution is 2.62. The number of allylic oxidation sites excluding steroid dienone is 1. The number of fused-ring (bicyclic) bond motifs is 1. The Kier molecular flexibility index (Phi) is 9.45. The molecule has 0 aromatic heterocycles. The Morgan fingerprint density at radius 1 is 1.17 bits per heavy atom. The Hall–Kier alpha value is -1.30. The quantitative estimate of drug-likeness (QED) is 0.263. The molecule has 170 valence electrons. The van der Waals surface area contributed by atoms with Gasteiger partial charge in [0.25, 0.3) is 0 Å². The van der Waals surface area contributed by atoms with Crippen molar-refractivity contribution in [3.8, 4) is 6.07 Å². The standard InChI is InChI=1S/C27H45NO2/c1-19(2)10-9-12-21(4)24-13-14-25-23(18-26(29)30)22(15-16-27(24,25)5)20(3)11-7-6-8-17-28/h19,21-25H,3,6-16,18H2,1-2,4-5H3,(H,29,30)/t21-,22-,23-,24-,25+,27-/m1/s1. The summed E-state index contributed by atoms with van der Waals surface area (Å²) in [5, 5.41) is 18.5. The Morgan fingerprint density at radius 3 is 2.53 bits per heavy atom. The Labute approximate surface area is 185 Å². The van der Waals surface area contributed by atoms with E-state index in [-0.39, 0.29) is 17.8 Å². The maximum absolute atomic E-state index is 11.8. The average molecular weight is 416 g/mol. The monoisotopic (exact) mass is 415 g/mol. The smallest absolute Gasteiger partial charge is 0.303 e. The van der Waals surface area contributed by atoms with E-state index in [1.165, 1.54) is 44.1 Å². The van der Waals surface area contributed by atoms with Crippen LogP contribution in [0.1, 0.15) is 105 Å². The third-order valence-corrected chi connectivity index (χ3v) is 8.61. The topological polar surface area (TPSA) is 61.1 Å². The van der Waals surface area contributed by atoms with Crippen molar-refractivity contribution in [1.29, 1.82) is 5.26 Å². The number of unbranched alkanes of at least 4 members (excludes halogenated alkanes) is 2. The molecule has 2 rings (SSSR count). The van der Waals surface area contributed by atoms with Gasteiger partial charge in [-0.05, 0) is 85.9 Å². The molecule has 30 heavy (non-hydrogen) atoms. The second-order valence-electron chi connectivity index (χ2n) is 11.0. The first kappa shape index (κ1) is 25.0. The lowest BCUT2D eigenvalue weighted by Gasteiger charge is -2.50. The molecule has 0 radical (unpaired) electrons. The van der Waals surface area contributed by atoms with Crippen LogP contribution in [0.15, 0.2) is 12.2 Å². The molecule has 2 saturated carbocycles. The minimum atomic E-state index is -0.653. The van der Waals surface area contributed by atoms with Crippen LogP contribution >= 0.6 is 0 Å². The van der Waals surface area contributed by atoms with Gasteiger partial charge in [0.2, 0.25) is 0 Å². The van der Waals surface area contributed by atoms with Gasteiger partial charge in [-0.1, -0.05) is 59.1 Å². The molecule has 0 spiro atoms. The van der Waals surface area contributed by atoms with Gasteiger partial charge in [-0.2, -0.15) is 5.26 Å². The third kappa shape index (κ3) is 6.12. The van der Waals surface area contributed by atoms with E-state index < -0.39 is 5.97 Å². The van der Waals surface area contributed by atoms with Gasteiger partial charge in [-0.15, -0.1) is 0 Å². The van der Waals surface area contributed by atoms with Gasteiger partial charge in [0, 0.05) is 12.8 Å². The van der Waals surface area contributed by atoms with Crippen molar-refractivity contribution in [1.82, 2.24) is 0 Å². The highest BCUT2D eigenvalue weighted by atomic mass is 16.4. The minimum Gasteiger partial charge on any atom is -0.481 e. The van der Waals surface area contributed by atoms with Crippen LogP contribution in [0.5, 0.6) is 0 Å². The molecule has 3 heteroatoms. The maximum atomic E-state index is 11.8. The average Bonchev–Trinajstić information content (AvgIpc) is 3.02. The zero-order valence-electron chi connectivity index (χ0n) is 20.0. The van der Waals surface area contributed by atoms with Crippen molar-refractivity contribution in [3.05, 3.63) is 12.2 Å². The first-order valence-corrected chi connectivity index (χ1v) is 12.5. The van der Waals surface area contributed by atoms with Gasteiger partial charge in [-0.3, -0.25) is 4.79 Å². The Bertz CT molecular complexity index is 619. The number of carboxylic acid groups (broad SMARTS) is 1. The van der Waals surface area contributed by atoms with E-state index in [9.17, 15) is 9.90 Å². The second kappa shape index (κ2) is 11.4. The number of nitriles is 1. The highest BCUT2D eigenvalue weighted by molar-refractivity contribution is 5.67. The normalized spacial score (nSPS) is 31.9. The number of aliphatic carboxylic acids is 1. The Balaban J connectivity index is 2.08. The van der Waals surface area contributed by atoms with Gasteiger partial charge < -0.3 is 5.11 Å². The summed E-state index contributed by atoms with van der Waals surface area (Å²) >= 11 is 0. The maximum Gasteiger partial charge on any atom is 0.303 e. The number of hydrogen-bond acceptors (Lipinski definition) is 2. The Morgan fingerprint density at radius 2 is 1.90 bits per heavy atom.